The summed E-state index contributed by atoms with van der Waals surface area (Å²) in [6.45, 7) is 0. The topological polar surface area (TPSA) is 61.1 Å². The van der Waals surface area contributed by atoms with E-state index in [2.05, 4.69) is 0 Å². The molecule has 0 aromatic carbocycles. The number of hydrogen-bond donors (Lipinski definition) is 1. The molecule has 0 aliphatic carbocycles. The molecule has 13 heavy (non-hydrogen) atoms. The molecule has 70 valence electrons. The van der Waals surface area contributed by atoms with Gasteiger partial charge in [0.1, 0.15) is 6.07 Å². The van der Waals surface area contributed by atoms with Gasteiger partial charge < -0.3 is 5.11 Å². The lowest BCUT2D eigenvalue weighted by atomic mass is 10.3. The van der Waals surface area contributed by atoms with Gasteiger partial charge in [0.25, 0.3) is 0 Å². The van der Waals surface area contributed by atoms with Crippen LogP contribution in [0.5, 0.6) is 0 Å². The molecule has 0 spiro atoms. The van der Waals surface area contributed by atoms with Crippen LogP contribution in [0.2, 0.25) is 0 Å². The van der Waals surface area contributed by atoms with Gasteiger partial charge in [-0.15, -0.1) is 23.1 Å². The predicted octanol–water partition coefficient (Wildman–Crippen LogP) is 1.76. The number of aliphatic hydroxyl groups excluding tert-OH is 1. The first-order valence-corrected chi connectivity index (χ1v) is 5.33. The summed E-state index contributed by atoms with van der Waals surface area (Å²) in [5.74, 6) is 0. The number of aldehydes is 1. The number of carbonyl (C=O) groups excluding carboxylic acids is 1. The molecule has 0 fully saturated rings. The molecule has 0 bridgehead atoms. The minimum absolute atomic E-state index is 0.601. The Balaban J connectivity index is 0.000000671. The Bertz CT molecular complexity index is 314. The van der Waals surface area contributed by atoms with E-state index in [0.717, 1.165) is 17.6 Å². The normalized spacial score (nSPS) is 8.15. The van der Waals surface area contributed by atoms with E-state index >= 15 is 0 Å². The first kappa shape index (κ1) is 12.2. The lowest BCUT2D eigenvalue weighted by Gasteiger charge is -1.85. The maximum absolute atomic E-state index is 10.3. The number of thiophene rings is 1. The Hall–Kier alpha value is -0.830. The number of carbonyl (C=O) groups is 1. The molecule has 5 heteroatoms. The van der Waals surface area contributed by atoms with Gasteiger partial charge in [-0.2, -0.15) is 5.26 Å². The average molecular weight is 215 g/mol. The van der Waals surface area contributed by atoms with Crippen LogP contribution in [-0.2, 0) is 0 Å². The molecule has 0 aliphatic rings. The molecule has 0 amide bonds. The zero-order chi connectivity index (χ0) is 10.3. The summed E-state index contributed by atoms with van der Waals surface area (Å²) in [4.78, 5) is 10.9. The monoisotopic (exact) mass is 215 g/mol. The molecule has 1 aromatic rings. The summed E-state index contributed by atoms with van der Waals surface area (Å²) >= 11 is 2.85. The van der Waals surface area contributed by atoms with Crippen molar-refractivity contribution >= 4 is 29.4 Å². The maximum atomic E-state index is 10.3. The van der Waals surface area contributed by atoms with Gasteiger partial charge in [-0.05, 0) is 12.3 Å². The number of thioether (sulfide) groups is 1. The van der Waals surface area contributed by atoms with Gasteiger partial charge in [-0.3, -0.25) is 4.79 Å². The van der Waals surface area contributed by atoms with Crippen LogP contribution >= 0.6 is 23.1 Å². The van der Waals surface area contributed by atoms with Crippen molar-refractivity contribution < 1.29 is 9.90 Å². The van der Waals surface area contributed by atoms with Crippen LogP contribution in [0.4, 0.5) is 0 Å². The Morgan fingerprint density at radius 3 is 2.62 bits per heavy atom. The highest BCUT2D eigenvalue weighted by molar-refractivity contribution is 8.00. The van der Waals surface area contributed by atoms with Crippen molar-refractivity contribution in [2.24, 2.45) is 0 Å². The summed E-state index contributed by atoms with van der Waals surface area (Å²) < 4.78 is 0.912. The minimum atomic E-state index is 0.601. The summed E-state index contributed by atoms with van der Waals surface area (Å²) in [7, 11) is 1.00. The molecule has 0 saturated heterocycles. The largest absolute Gasteiger partial charge is 0.400 e. The van der Waals surface area contributed by atoms with E-state index in [0.29, 0.717) is 10.4 Å². The lowest BCUT2D eigenvalue weighted by molar-refractivity contribution is 0.112. The zero-order valence-electron chi connectivity index (χ0n) is 7.27. The first-order valence-electron chi connectivity index (χ1n) is 3.29. The van der Waals surface area contributed by atoms with Crippen LogP contribution in [0.1, 0.15) is 15.2 Å². The number of nitrogens with zero attached hydrogens (tertiary/aromatic N) is 1. The van der Waals surface area contributed by atoms with Crippen molar-refractivity contribution in [3.63, 3.8) is 0 Å². The van der Waals surface area contributed by atoms with E-state index in [4.69, 9.17) is 10.4 Å². The van der Waals surface area contributed by atoms with Gasteiger partial charge in [0.05, 0.1) is 14.6 Å². The third-order valence-corrected chi connectivity index (χ3v) is 3.33. The molecule has 1 N–H and O–H groups in total. The smallest absolute Gasteiger partial charge is 0.160 e. The molecule has 0 saturated carbocycles. The van der Waals surface area contributed by atoms with E-state index in [-0.39, 0.29) is 0 Å². The first-order chi connectivity index (χ1) is 6.31. The molecular formula is C8H9NO2S2. The lowest BCUT2D eigenvalue weighted by Crippen LogP contribution is -1.67. The van der Waals surface area contributed by atoms with Gasteiger partial charge in [0.15, 0.2) is 6.29 Å². The van der Waals surface area contributed by atoms with E-state index < -0.39 is 0 Å². The highest BCUT2D eigenvalue weighted by Gasteiger charge is 2.05. The molecule has 0 atom stereocenters. The summed E-state index contributed by atoms with van der Waals surface area (Å²) in [5.41, 5.74) is 0.601. The van der Waals surface area contributed by atoms with E-state index in [9.17, 15) is 4.79 Å². The standard InChI is InChI=1S/C7H5NOS2.CH4O/c1-10-7-5(3-8)2-6(4-9)11-7;1-2/h2,4H,1H3;2H,1H3. The molecule has 1 heterocycles. The second kappa shape index (κ2) is 6.66. The van der Waals surface area contributed by atoms with Crippen molar-refractivity contribution in [2.75, 3.05) is 13.4 Å². The van der Waals surface area contributed by atoms with Crippen LogP contribution in [-0.4, -0.2) is 24.8 Å². The van der Waals surface area contributed by atoms with Gasteiger partial charge in [0.2, 0.25) is 0 Å². The van der Waals surface area contributed by atoms with Crippen LogP contribution in [0.15, 0.2) is 10.3 Å². The number of aliphatic hydroxyl groups is 1. The Kier molecular flexibility index (Phi) is 6.24. The Labute approximate surface area is 85.0 Å². The van der Waals surface area contributed by atoms with Crippen molar-refractivity contribution in [1.29, 1.82) is 5.26 Å². The Morgan fingerprint density at radius 2 is 2.31 bits per heavy atom. The molecular weight excluding hydrogens is 206 g/mol. The summed E-state index contributed by atoms with van der Waals surface area (Å²) in [5, 5.41) is 15.6. The van der Waals surface area contributed by atoms with Gasteiger partial charge in [-0.25, -0.2) is 0 Å². The quantitative estimate of drug-likeness (QED) is 0.603. The summed E-state index contributed by atoms with van der Waals surface area (Å²) in [6, 6.07) is 3.65. The SMILES string of the molecule is CO.CSc1sc(C=O)cc1C#N. The fourth-order valence-electron chi connectivity index (χ4n) is 0.680. The van der Waals surface area contributed by atoms with Crippen molar-refractivity contribution in [3.8, 4) is 6.07 Å². The van der Waals surface area contributed by atoms with Crippen molar-refractivity contribution in [1.82, 2.24) is 0 Å². The third kappa shape index (κ3) is 3.19. The van der Waals surface area contributed by atoms with Crippen LogP contribution in [0.25, 0.3) is 0 Å². The molecule has 3 nitrogen and oxygen atoms in total. The third-order valence-electron chi connectivity index (χ3n) is 1.14. The Morgan fingerprint density at radius 1 is 1.69 bits per heavy atom. The molecule has 0 unspecified atom stereocenters. The zero-order valence-corrected chi connectivity index (χ0v) is 8.91. The second-order valence-corrected chi connectivity index (χ2v) is 3.94. The highest BCUT2D eigenvalue weighted by Crippen LogP contribution is 2.28. The van der Waals surface area contributed by atoms with E-state index in [1.165, 1.54) is 23.1 Å². The van der Waals surface area contributed by atoms with Crippen molar-refractivity contribution in [3.05, 3.63) is 16.5 Å². The number of hydrogen-bond acceptors (Lipinski definition) is 5. The minimum Gasteiger partial charge on any atom is -0.400 e. The molecule has 0 aliphatic heterocycles. The van der Waals surface area contributed by atoms with E-state index in [1.807, 2.05) is 12.3 Å². The van der Waals surface area contributed by atoms with Gasteiger partial charge >= 0.3 is 0 Å². The van der Waals surface area contributed by atoms with Gasteiger partial charge in [0, 0.05) is 7.11 Å². The highest BCUT2D eigenvalue weighted by atomic mass is 32.2. The van der Waals surface area contributed by atoms with Crippen LogP contribution < -0.4 is 0 Å². The second-order valence-electron chi connectivity index (χ2n) is 1.78. The molecule has 1 rings (SSSR count). The fourth-order valence-corrected chi connectivity index (χ4v) is 2.28. The average Bonchev–Trinajstić information content (AvgIpc) is 2.63. The number of nitriles is 1. The number of rotatable bonds is 2. The van der Waals surface area contributed by atoms with Crippen LogP contribution in [0.3, 0.4) is 0 Å². The summed E-state index contributed by atoms with van der Waals surface area (Å²) in [6.07, 6.45) is 2.66. The predicted molar refractivity (Wildman–Crippen MR) is 54.3 cm³/mol. The van der Waals surface area contributed by atoms with E-state index in [1.54, 1.807) is 6.07 Å². The van der Waals surface area contributed by atoms with Crippen LogP contribution in [0, 0.1) is 11.3 Å². The molecule has 0 radical (unpaired) electrons. The fraction of sp³-hybridized carbons (Fsp3) is 0.250. The maximum Gasteiger partial charge on any atom is 0.160 e. The van der Waals surface area contributed by atoms with Gasteiger partial charge in [-0.1, -0.05) is 0 Å². The molecule has 1 aromatic heterocycles. The van der Waals surface area contributed by atoms with Crippen molar-refractivity contribution in [2.45, 2.75) is 4.21 Å².